The van der Waals surface area contributed by atoms with E-state index in [2.05, 4.69) is 15.4 Å². The Balaban J connectivity index is 2.08. The fourth-order valence-corrected chi connectivity index (χ4v) is 3.16. The summed E-state index contributed by atoms with van der Waals surface area (Å²) in [5.41, 5.74) is 9.76. The van der Waals surface area contributed by atoms with Gasteiger partial charge in [0.05, 0.1) is 23.3 Å². The first-order valence-electron chi connectivity index (χ1n) is 8.15. The van der Waals surface area contributed by atoms with Gasteiger partial charge in [0.15, 0.2) is 0 Å². The Labute approximate surface area is 136 Å². The zero-order valence-corrected chi connectivity index (χ0v) is 13.6. The number of amides is 1. The van der Waals surface area contributed by atoms with Crippen LogP contribution in [0.25, 0.3) is 11.3 Å². The highest BCUT2D eigenvalue weighted by atomic mass is 16.1. The average Bonchev–Trinajstić information content (AvgIpc) is 2.91. The van der Waals surface area contributed by atoms with Crippen LogP contribution in [0.1, 0.15) is 44.3 Å². The van der Waals surface area contributed by atoms with E-state index in [-0.39, 0.29) is 17.9 Å². The minimum Gasteiger partial charge on any atom is -0.323 e. The van der Waals surface area contributed by atoms with Gasteiger partial charge in [-0.15, -0.1) is 0 Å². The summed E-state index contributed by atoms with van der Waals surface area (Å²) >= 11 is 0. The van der Waals surface area contributed by atoms with Gasteiger partial charge in [0.1, 0.15) is 0 Å². The molecule has 1 aliphatic heterocycles. The van der Waals surface area contributed by atoms with Gasteiger partial charge in [-0.1, -0.05) is 13.3 Å². The quantitative estimate of drug-likeness (QED) is 0.847. The van der Waals surface area contributed by atoms with E-state index < -0.39 is 0 Å². The Hall–Kier alpha value is -2.21. The van der Waals surface area contributed by atoms with Gasteiger partial charge in [0, 0.05) is 30.8 Å². The van der Waals surface area contributed by atoms with Crippen molar-refractivity contribution in [2.75, 3.05) is 5.32 Å². The van der Waals surface area contributed by atoms with Crippen molar-refractivity contribution < 1.29 is 4.79 Å². The molecule has 0 fully saturated rings. The van der Waals surface area contributed by atoms with Crippen molar-refractivity contribution in [1.29, 1.82) is 0 Å². The molecule has 6 heteroatoms. The highest BCUT2D eigenvalue weighted by Gasteiger charge is 2.22. The zero-order chi connectivity index (χ0) is 16.4. The molecule has 2 aromatic rings. The van der Waals surface area contributed by atoms with E-state index in [1.165, 1.54) is 0 Å². The first-order chi connectivity index (χ1) is 11.1. The fourth-order valence-electron chi connectivity index (χ4n) is 3.16. The van der Waals surface area contributed by atoms with Gasteiger partial charge in [-0.25, -0.2) is 0 Å². The molecule has 0 aromatic carbocycles. The summed E-state index contributed by atoms with van der Waals surface area (Å²) in [5, 5.41) is 7.34. The third-order valence-corrected chi connectivity index (χ3v) is 4.56. The van der Waals surface area contributed by atoms with Crippen LogP contribution >= 0.6 is 0 Å². The molecule has 1 unspecified atom stereocenters. The molecule has 0 saturated heterocycles. The van der Waals surface area contributed by atoms with Gasteiger partial charge < -0.3 is 11.1 Å². The van der Waals surface area contributed by atoms with Crippen LogP contribution in [0.2, 0.25) is 0 Å². The van der Waals surface area contributed by atoms with E-state index in [4.69, 9.17) is 5.73 Å². The lowest BCUT2D eigenvalue weighted by Gasteiger charge is -2.19. The van der Waals surface area contributed by atoms with Crippen LogP contribution in [0.15, 0.2) is 24.5 Å². The maximum absolute atomic E-state index is 12.5. The Kier molecular flexibility index (Phi) is 4.43. The number of rotatable bonds is 1. The molecule has 3 heterocycles. The third-order valence-electron chi connectivity index (χ3n) is 4.56. The molecule has 2 bridgehead atoms. The summed E-state index contributed by atoms with van der Waals surface area (Å²) in [4.78, 5) is 17.0. The monoisotopic (exact) mass is 313 g/mol. The summed E-state index contributed by atoms with van der Waals surface area (Å²) in [6, 6.07) is 3.81. The number of carbonyl (C=O) groups is 1. The smallest absolute Gasteiger partial charge is 0.227 e. The summed E-state index contributed by atoms with van der Waals surface area (Å²) in [7, 11) is 1.87. The molecule has 0 aliphatic carbocycles. The Morgan fingerprint density at radius 2 is 2.26 bits per heavy atom. The van der Waals surface area contributed by atoms with Crippen LogP contribution in [0, 0.1) is 5.92 Å². The molecule has 122 valence electrons. The number of hydrogen-bond acceptors (Lipinski definition) is 4. The molecule has 0 spiro atoms. The predicted octanol–water partition coefficient (Wildman–Crippen LogP) is 2.63. The molecule has 0 saturated carbocycles. The summed E-state index contributed by atoms with van der Waals surface area (Å²) < 4.78 is 1.77. The largest absolute Gasteiger partial charge is 0.323 e. The topological polar surface area (TPSA) is 85.8 Å². The first-order valence-corrected chi connectivity index (χ1v) is 8.15. The van der Waals surface area contributed by atoms with Crippen molar-refractivity contribution in [3.05, 3.63) is 30.2 Å². The second-order valence-electron chi connectivity index (χ2n) is 6.13. The molecule has 0 radical (unpaired) electrons. The number of nitrogens with zero attached hydrogens (tertiary/aromatic N) is 3. The SMILES string of the molecule is CC[C@@H]1CCCC(N)c2cc(ccn2)-c2c(cnn2C)NC1=O. The number of fused-ring (bicyclic) bond motifs is 4. The first kappa shape index (κ1) is 15.7. The highest BCUT2D eigenvalue weighted by Crippen LogP contribution is 2.31. The number of pyridine rings is 1. The fraction of sp³-hybridized carbons (Fsp3) is 0.471. The molecule has 6 nitrogen and oxygen atoms in total. The summed E-state index contributed by atoms with van der Waals surface area (Å²) in [5.74, 6) is 0.0613. The molecule has 23 heavy (non-hydrogen) atoms. The van der Waals surface area contributed by atoms with Gasteiger partial charge in [0.25, 0.3) is 0 Å². The molecule has 3 rings (SSSR count). The number of anilines is 1. The molecular formula is C17H23N5O. The van der Waals surface area contributed by atoms with E-state index in [0.29, 0.717) is 0 Å². The molecule has 3 N–H and O–H groups in total. The Bertz CT molecular complexity index is 709. The lowest BCUT2D eigenvalue weighted by Crippen LogP contribution is -2.23. The van der Waals surface area contributed by atoms with Crippen LogP contribution in [-0.4, -0.2) is 20.7 Å². The van der Waals surface area contributed by atoms with Crippen molar-refractivity contribution in [2.45, 2.75) is 38.6 Å². The van der Waals surface area contributed by atoms with Crippen LogP contribution in [0.5, 0.6) is 0 Å². The third kappa shape index (κ3) is 3.12. The predicted molar refractivity (Wildman–Crippen MR) is 89.6 cm³/mol. The van der Waals surface area contributed by atoms with Crippen molar-refractivity contribution in [3.63, 3.8) is 0 Å². The number of aromatic nitrogens is 3. The maximum atomic E-state index is 12.5. The second kappa shape index (κ2) is 6.50. The van der Waals surface area contributed by atoms with Gasteiger partial charge >= 0.3 is 0 Å². The standard InChI is InChI=1S/C17H23N5O/c1-3-11-5-4-6-13(18)14-9-12(7-8-19-14)16-15(21-17(11)23)10-20-22(16)2/h7-11,13H,3-6,18H2,1-2H3,(H,21,23)/t11-,13?/m1/s1. The lowest BCUT2D eigenvalue weighted by molar-refractivity contribution is -0.120. The number of nitrogens with two attached hydrogens (primary N) is 1. The molecule has 2 atom stereocenters. The van der Waals surface area contributed by atoms with Crippen molar-refractivity contribution in [2.24, 2.45) is 18.7 Å². The van der Waals surface area contributed by atoms with Crippen LogP contribution < -0.4 is 11.1 Å². The van der Waals surface area contributed by atoms with Crippen LogP contribution in [0.3, 0.4) is 0 Å². The number of aryl methyl sites for hydroxylation is 1. The zero-order valence-electron chi connectivity index (χ0n) is 13.6. The second-order valence-corrected chi connectivity index (χ2v) is 6.13. The number of hydrogen-bond donors (Lipinski definition) is 2. The number of nitrogens with one attached hydrogen (secondary N) is 1. The van der Waals surface area contributed by atoms with E-state index >= 15 is 0 Å². The minimum absolute atomic E-state index is 0.000911. The minimum atomic E-state index is -0.105. The van der Waals surface area contributed by atoms with Crippen LogP contribution in [0.4, 0.5) is 5.69 Å². The number of carbonyl (C=O) groups excluding carboxylic acids is 1. The molecular weight excluding hydrogens is 290 g/mol. The van der Waals surface area contributed by atoms with Crippen molar-refractivity contribution in [1.82, 2.24) is 14.8 Å². The lowest BCUT2D eigenvalue weighted by atomic mass is 9.95. The average molecular weight is 313 g/mol. The van der Waals surface area contributed by atoms with Crippen molar-refractivity contribution in [3.8, 4) is 11.3 Å². The summed E-state index contributed by atoms with van der Waals surface area (Å²) in [6.07, 6.45) is 6.87. The van der Waals surface area contributed by atoms with E-state index in [9.17, 15) is 4.79 Å². The molecule has 1 aliphatic rings. The normalized spacial score (nSPS) is 21.8. The van der Waals surface area contributed by atoms with E-state index in [1.54, 1.807) is 17.1 Å². The molecule has 1 amide bonds. The van der Waals surface area contributed by atoms with Gasteiger partial charge in [-0.2, -0.15) is 5.10 Å². The van der Waals surface area contributed by atoms with E-state index in [1.807, 2.05) is 26.1 Å². The van der Waals surface area contributed by atoms with Gasteiger partial charge in [0.2, 0.25) is 5.91 Å². The highest BCUT2D eigenvalue weighted by molar-refractivity contribution is 5.96. The van der Waals surface area contributed by atoms with E-state index in [0.717, 1.165) is 48.3 Å². The Morgan fingerprint density at radius 1 is 1.43 bits per heavy atom. The summed E-state index contributed by atoms with van der Waals surface area (Å²) in [6.45, 7) is 2.05. The van der Waals surface area contributed by atoms with Gasteiger partial charge in [-0.3, -0.25) is 14.5 Å². The van der Waals surface area contributed by atoms with Crippen molar-refractivity contribution >= 4 is 11.6 Å². The van der Waals surface area contributed by atoms with Gasteiger partial charge in [-0.05, 0) is 31.4 Å². The molecule has 2 aromatic heterocycles. The van der Waals surface area contributed by atoms with Crippen LogP contribution in [-0.2, 0) is 11.8 Å². The Morgan fingerprint density at radius 3 is 3.04 bits per heavy atom. The maximum Gasteiger partial charge on any atom is 0.227 e.